The van der Waals surface area contributed by atoms with Gasteiger partial charge in [-0.15, -0.1) is 0 Å². The van der Waals surface area contributed by atoms with E-state index in [1.54, 1.807) is 13.8 Å². The number of alkyl halides is 1. The summed E-state index contributed by atoms with van der Waals surface area (Å²) >= 11 is 0. The number of hydrogen-bond acceptors (Lipinski definition) is 3. The lowest BCUT2D eigenvalue weighted by Crippen LogP contribution is -2.33. The number of carbonyl (C=O) groups is 1. The summed E-state index contributed by atoms with van der Waals surface area (Å²) in [5, 5.41) is 5.95. The van der Waals surface area contributed by atoms with Gasteiger partial charge in [-0.1, -0.05) is 5.16 Å². The fourth-order valence-electron chi connectivity index (χ4n) is 0.804. The third-order valence-corrected chi connectivity index (χ3v) is 1.46. The van der Waals surface area contributed by atoms with Gasteiger partial charge in [-0.05, 0) is 13.8 Å². The number of halogens is 1. The average Bonchev–Trinajstić information content (AvgIpc) is 2.51. The number of aromatic nitrogens is 1. The molecule has 1 rings (SSSR count). The molecule has 0 fully saturated rings. The minimum atomic E-state index is -0.598. The molecule has 5 heteroatoms. The summed E-state index contributed by atoms with van der Waals surface area (Å²) in [5.74, 6) is -0.330. The molecule has 0 aliphatic rings. The van der Waals surface area contributed by atoms with Crippen molar-refractivity contribution in [1.29, 1.82) is 0 Å². The van der Waals surface area contributed by atoms with Crippen LogP contribution < -0.4 is 5.32 Å². The van der Waals surface area contributed by atoms with E-state index in [1.165, 1.54) is 6.07 Å². The number of nitrogens with zero attached hydrogens (tertiary/aromatic N) is 1. The summed E-state index contributed by atoms with van der Waals surface area (Å²) in [5.41, 5.74) is 0.623. The zero-order chi connectivity index (χ0) is 9.84. The Balaban J connectivity index is 2.58. The maximum atomic E-state index is 12.0. The van der Waals surface area contributed by atoms with Crippen molar-refractivity contribution in [3.8, 4) is 0 Å². The molecule has 1 atom stereocenters. The van der Waals surface area contributed by atoms with Gasteiger partial charge in [-0.2, -0.15) is 0 Å². The van der Waals surface area contributed by atoms with Crippen LogP contribution in [-0.4, -0.2) is 23.8 Å². The number of amides is 1. The van der Waals surface area contributed by atoms with Crippen LogP contribution >= 0.6 is 0 Å². The van der Waals surface area contributed by atoms with Crippen LogP contribution in [0, 0.1) is 6.92 Å². The van der Waals surface area contributed by atoms with E-state index in [0.717, 1.165) is 0 Å². The van der Waals surface area contributed by atoms with Crippen LogP contribution in [-0.2, 0) is 0 Å². The largest absolute Gasteiger partial charge is 0.351 e. The van der Waals surface area contributed by atoms with Gasteiger partial charge >= 0.3 is 0 Å². The molecule has 0 bridgehead atoms. The Kier molecular flexibility index (Phi) is 3.00. The highest BCUT2D eigenvalue weighted by molar-refractivity contribution is 5.91. The van der Waals surface area contributed by atoms with Gasteiger partial charge in [0, 0.05) is 6.07 Å². The lowest BCUT2D eigenvalue weighted by atomic mass is 10.3. The van der Waals surface area contributed by atoms with Gasteiger partial charge in [0.15, 0.2) is 0 Å². The molecule has 1 aromatic heterocycles. The lowest BCUT2D eigenvalue weighted by Gasteiger charge is -2.06. The molecule has 1 aromatic rings. The van der Waals surface area contributed by atoms with Crippen molar-refractivity contribution in [3.05, 3.63) is 17.5 Å². The zero-order valence-electron chi connectivity index (χ0n) is 7.50. The molecule has 1 amide bonds. The molecule has 0 radical (unpaired) electrons. The van der Waals surface area contributed by atoms with E-state index in [9.17, 15) is 9.18 Å². The van der Waals surface area contributed by atoms with Crippen molar-refractivity contribution in [2.45, 2.75) is 19.9 Å². The maximum Gasteiger partial charge on any atom is 0.290 e. The van der Waals surface area contributed by atoms with E-state index in [1.807, 2.05) is 0 Å². The van der Waals surface area contributed by atoms with Gasteiger partial charge < -0.3 is 9.84 Å². The fourth-order valence-corrected chi connectivity index (χ4v) is 0.804. The van der Waals surface area contributed by atoms with E-state index in [2.05, 4.69) is 15.0 Å². The minimum Gasteiger partial charge on any atom is -0.351 e. The Morgan fingerprint density at radius 3 is 3.00 bits per heavy atom. The first-order chi connectivity index (χ1) is 6.13. The van der Waals surface area contributed by atoms with E-state index >= 15 is 0 Å². The van der Waals surface area contributed by atoms with Crippen molar-refractivity contribution in [2.24, 2.45) is 0 Å². The van der Waals surface area contributed by atoms with Crippen LogP contribution in [0.25, 0.3) is 0 Å². The SMILES string of the molecule is Cc1cc(C(=O)NC(C)CF)on1. The predicted molar refractivity (Wildman–Crippen MR) is 44.1 cm³/mol. The molecule has 0 aliphatic carbocycles. The van der Waals surface area contributed by atoms with E-state index in [-0.39, 0.29) is 5.76 Å². The second-order valence-electron chi connectivity index (χ2n) is 2.86. The topological polar surface area (TPSA) is 55.1 Å². The Morgan fingerprint density at radius 2 is 2.54 bits per heavy atom. The molecular weight excluding hydrogens is 175 g/mol. The summed E-state index contributed by atoms with van der Waals surface area (Å²) in [6.45, 7) is 2.68. The smallest absolute Gasteiger partial charge is 0.290 e. The van der Waals surface area contributed by atoms with Crippen LogP contribution in [0.3, 0.4) is 0 Å². The van der Waals surface area contributed by atoms with Crippen LogP contribution in [0.5, 0.6) is 0 Å². The summed E-state index contributed by atoms with van der Waals surface area (Å²) in [6, 6.07) is 0.998. The number of aryl methyl sites for hydroxylation is 1. The Labute approximate surface area is 75.1 Å². The molecule has 0 aromatic carbocycles. The molecule has 4 nitrogen and oxygen atoms in total. The monoisotopic (exact) mass is 186 g/mol. The number of nitrogens with one attached hydrogen (secondary N) is 1. The van der Waals surface area contributed by atoms with Gasteiger partial charge in [0.25, 0.3) is 5.91 Å². The molecule has 0 saturated heterocycles. The first kappa shape index (κ1) is 9.70. The molecule has 1 heterocycles. The second kappa shape index (κ2) is 4.02. The van der Waals surface area contributed by atoms with E-state index in [4.69, 9.17) is 0 Å². The van der Waals surface area contributed by atoms with Gasteiger partial charge in [-0.25, -0.2) is 4.39 Å². The van der Waals surface area contributed by atoms with Crippen molar-refractivity contribution < 1.29 is 13.7 Å². The number of carbonyl (C=O) groups excluding carboxylic acids is 1. The highest BCUT2D eigenvalue weighted by Gasteiger charge is 2.13. The second-order valence-corrected chi connectivity index (χ2v) is 2.86. The van der Waals surface area contributed by atoms with Crippen molar-refractivity contribution in [1.82, 2.24) is 10.5 Å². The summed E-state index contributed by atoms with van der Waals surface area (Å²) in [4.78, 5) is 11.2. The van der Waals surface area contributed by atoms with Crippen LogP contribution in [0.4, 0.5) is 4.39 Å². The third-order valence-electron chi connectivity index (χ3n) is 1.46. The highest BCUT2D eigenvalue weighted by Crippen LogP contribution is 2.01. The summed E-state index contributed by atoms with van der Waals surface area (Å²) < 4.78 is 16.7. The van der Waals surface area contributed by atoms with Gasteiger partial charge in [-0.3, -0.25) is 4.79 Å². The van der Waals surface area contributed by atoms with Crippen molar-refractivity contribution >= 4 is 5.91 Å². The average molecular weight is 186 g/mol. The van der Waals surface area contributed by atoms with Crippen LogP contribution in [0.1, 0.15) is 23.2 Å². The molecule has 72 valence electrons. The predicted octanol–water partition coefficient (Wildman–Crippen LogP) is 1.07. The zero-order valence-corrected chi connectivity index (χ0v) is 7.50. The van der Waals surface area contributed by atoms with Gasteiger partial charge in [0.2, 0.25) is 5.76 Å². The van der Waals surface area contributed by atoms with E-state index in [0.29, 0.717) is 5.69 Å². The molecular formula is C8H11FN2O2. The molecule has 13 heavy (non-hydrogen) atoms. The summed E-state index contributed by atoms with van der Waals surface area (Å²) in [6.07, 6.45) is 0. The lowest BCUT2D eigenvalue weighted by molar-refractivity contribution is 0.0897. The van der Waals surface area contributed by atoms with Gasteiger partial charge in [0.05, 0.1) is 11.7 Å². The third kappa shape index (κ3) is 2.54. The summed E-state index contributed by atoms with van der Waals surface area (Å²) in [7, 11) is 0. The first-order valence-corrected chi connectivity index (χ1v) is 3.93. The van der Waals surface area contributed by atoms with E-state index < -0.39 is 18.6 Å². The number of rotatable bonds is 3. The Morgan fingerprint density at radius 1 is 1.85 bits per heavy atom. The minimum absolute atomic E-state index is 0.109. The first-order valence-electron chi connectivity index (χ1n) is 3.93. The Bertz CT molecular complexity index is 298. The molecule has 1 N–H and O–H groups in total. The quantitative estimate of drug-likeness (QED) is 0.768. The fraction of sp³-hybridized carbons (Fsp3) is 0.500. The van der Waals surface area contributed by atoms with Crippen molar-refractivity contribution in [2.75, 3.05) is 6.67 Å². The Hall–Kier alpha value is -1.39. The molecule has 0 aliphatic heterocycles. The van der Waals surface area contributed by atoms with Gasteiger partial charge in [0.1, 0.15) is 6.67 Å². The molecule has 0 saturated carbocycles. The molecule has 0 spiro atoms. The normalized spacial score (nSPS) is 12.5. The maximum absolute atomic E-state index is 12.0. The highest BCUT2D eigenvalue weighted by atomic mass is 19.1. The molecule has 1 unspecified atom stereocenters. The van der Waals surface area contributed by atoms with Crippen LogP contribution in [0.15, 0.2) is 10.6 Å². The van der Waals surface area contributed by atoms with Crippen molar-refractivity contribution in [3.63, 3.8) is 0 Å². The standard InChI is InChI=1S/C8H11FN2O2/c1-5-3-7(13-11-5)8(12)10-6(2)4-9/h3,6H,4H2,1-2H3,(H,10,12). The van der Waals surface area contributed by atoms with Crippen LogP contribution in [0.2, 0.25) is 0 Å². The number of hydrogen-bond donors (Lipinski definition) is 1.